The van der Waals surface area contributed by atoms with Crippen molar-refractivity contribution in [3.63, 3.8) is 0 Å². The monoisotopic (exact) mass is 419 g/mol. The van der Waals surface area contributed by atoms with Crippen LogP contribution in [0.15, 0.2) is 60.8 Å². The molecule has 0 amide bonds. The molecule has 0 spiro atoms. The first-order chi connectivity index (χ1) is 14.7. The molecule has 3 rings (SSSR count). The van der Waals surface area contributed by atoms with Gasteiger partial charge < -0.3 is 14.7 Å². The van der Waals surface area contributed by atoms with Crippen LogP contribution in [0.25, 0.3) is 5.57 Å². The van der Waals surface area contributed by atoms with E-state index < -0.39 is 0 Å². The Hall–Kier alpha value is -2.36. The predicted octanol–water partition coefficient (Wildman–Crippen LogP) is 6.17. The molecule has 166 valence electrons. The van der Waals surface area contributed by atoms with Gasteiger partial charge in [0.15, 0.2) is 0 Å². The molecule has 1 N–H and O–H groups in total. The predicted molar refractivity (Wildman–Crippen MR) is 130 cm³/mol. The Bertz CT molecular complexity index is 924. The average molecular weight is 420 g/mol. The Labute approximate surface area is 188 Å². The minimum Gasteiger partial charge on any atom is -0.393 e. The Morgan fingerprint density at radius 1 is 1.03 bits per heavy atom. The standard InChI is InChI=1S/C28H37NO2/c1-19-13-20(2)15-25(14-19)24-11-12-28(29(6)17-24)27-10-8-7-9-26(27)21(3)18-31-23(5)16-22(4)30/h7-15,17,21-23,28,30H,16,18H2,1-6H3. The number of aliphatic hydroxyl groups is 1. The summed E-state index contributed by atoms with van der Waals surface area (Å²) in [5, 5.41) is 9.58. The molecule has 3 heteroatoms. The minimum atomic E-state index is -0.336. The van der Waals surface area contributed by atoms with Crippen LogP contribution in [0.2, 0.25) is 0 Å². The van der Waals surface area contributed by atoms with Crippen molar-refractivity contribution in [3.05, 3.63) is 88.6 Å². The van der Waals surface area contributed by atoms with E-state index >= 15 is 0 Å². The molecule has 2 aromatic rings. The quantitative estimate of drug-likeness (QED) is 0.556. The summed E-state index contributed by atoms with van der Waals surface area (Å²) in [6.45, 7) is 11.0. The first-order valence-corrected chi connectivity index (χ1v) is 11.3. The van der Waals surface area contributed by atoms with Crippen LogP contribution in [0.4, 0.5) is 0 Å². The lowest BCUT2D eigenvalue weighted by Crippen LogP contribution is -2.23. The highest BCUT2D eigenvalue weighted by Gasteiger charge is 2.22. The summed E-state index contributed by atoms with van der Waals surface area (Å²) in [6, 6.07) is 15.6. The average Bonchev–Trinajstić information content (AvgIpc) is 2.71. The van der Waals surface area contributed by atoms with Crippen LogP contribution in [0.1, 0.15) is 67.0 Å². The maximum absolute atomic E-state index is 9.58. The van der Waals surface area contributed by atoms with E-state index in [0.717, 1.165) is 0 Å². The smallest absolute Gasteiger partial charge is 0.0724 e. The second-order valence-electron chi connectivity index (χ2n) is 9.19. The first-order valence-electron chi connectivity index (χ1n) is 11.3. The summed E-state index contributed by atoms with van der Waals surface area (Å²) in [5.74, 6) is 0.277. The van der Waals surface area contributed by atoms with Crippen LogP contribution in [0, 0.1) is 13.8 Å². The number of aryl methyl sites for hydroxylation is 2. The molecule has 0 saturated heterocycles. The molecule has 4 unspecified atom stereocenters. The molecular formula is C28H37NO2. The lowest BCUT2D eigenvalue weighted by molar-refractivity contribution is 0.0235. The molecule has 0 aliphatic carbocycles. The molecule has 1 heterocycles. The van der Waals surface area contributed by atoms with Crippen LogP contribution in [-0.4, -0.2) is 35.9 Å². The van der Waals surface area contributed by atoms with Crippen LogP contribution in [0.5, 0.6) is 0 Å². The van der Waals surface area contributed by atoms with Crippen LogP contribution in [-0.2, 0) is 4.74 Å². The summed E-state index contributed by atoms with van der Waals surface area (Å²) in [4.78, 5) is 2.30. The van der Waals surface area contributed by atoms with E-state index in [-0.39, 0.29) is 24.2 Å². The molecular weight excluding hydrogens is 382 g/mol. The van der Waals surface area contributed by atoms with E-state index in [0.29, 0.717) is 13.0 Å². The van der Waals surface area contributed by atoms with Gasteiger partial charge in [0.1, 0.15) is 0 Å². The fourth-order valence-corrected chi connectivity index (χ4v) is 4.48. The Balaban J connectivity index is 1.77. The lowest BCUT2D eigenvalue weighted by Gasteiger charge is -2.31. The van der Waals surface area contributed by atoms with Crippen LogP contribution in [0.3, 0.4) is 0 Å². The van der Waals surface area contributed by atoms with Crippen molar-refractivity contribution >= 4 is 5.57 Å². The van der Waals surface area contributed by atoms with E-state index in [4.69, 9.17) is 4.74 Å². The third-order valence-electron chi connectivity index (χ3n) is 5.94. The first kappa shape index (κ1) is 23.3. The second-order valence-corrected chi connectivity index (χ2v) is 9.19. The van der Waals surface area contributed by atoms with Gasteiger partial charge in [-0.3, -0.25) is 0 Å². The molecule has 1 aliphatic rings. The van der Waals surface area contributed by atoms with Crippen molar-refractivity contribution in [1.29, 1.82) is 0 Å². The van der Waals surface area contributed by atoms with Crippen molar-refractivity contribution in [2.45, 2.75) is 65.2 Å². The maximum atomic E-state index is 9.58. The number of ether oxygens (including phenoxy) is 1. The molecule has 0 aromatic heterocycles. The summed E-state index contributed by atoms with van der Waals surface area (Å²) in [5.41, 5.74) is 7.72. The van der Waals surface area contributed by atoms with Gasteiger partial charge in [-0.15, -0.1) is 0 Å². The fourth-order valence-electron chi connectivity index (χ4n) is 4.48. The molecule has 0 radical (unpaired) electrons. The van der Waals surface area contributed by atoms with Crippen molar-refractivity contribution < 1.29 is 9.84 Å². The van der Waals surface area contributed by atoms with E-state index in [1.807, 2.05) is 13.8 Å². The Morgan fingerprint density at radius 3 is 2.35 bits per heavy atom. The van der Waals surface area contributed by atoms with Gasteiger partial charge in [0.05, 0.1) is 24.9 Å². The number of likely N-dealkylation sites (N-methyl/N-ethyl adjacent to an activating group) is 1. The van der Waals surface area contributed by atoms with E-state index in [9.17, 15) is 5.11 Å². The molecule has 4 atom stereocenters. The van der Waals surface area contributed by atoms with Gasteiger partial charge in [0.25, 0.3) is 0 Å². The summed E-state index contributed by atoms with van der Waals surface area (Å²) >= 11 is 0. The van der Waals surface area contributed by atoms with Crippen molar-refractivity contribution in [2.24, 2.45) is 0 Å². The normalized spacial score (nSPS) is 19.1. The third kappa shape index (κ3) is 6.09. The highest BCUT2D eigenvalue weighted by molar-refractivity contribution is 5.75. The van der Waals surface area contributed by atoms with Gasteiger partial charge in [0, 0.05) is 19.2 Å². The Kier molecular flexibility index (Phi) is 7.74. The summed E-state index contributed by atoms with van der Waals surface area (Å²) in [7, 11) is 2.15. The number of aliphatic hydroxyl groups excluding tert-OH is 1. The molecule has 0 fully saturated rings. The van der Waals surface area contributed by atoms with Gasteiger partial charge in [-0.2, -0.15) is 0 Å². The van der Waals surface area contributed by atoms with Gasteiger partial charge in [-0.05, 0) is 56.4 Å². The Morgan fingerprint density at radius 2 is 1.71 bits per heavy atom. The largest absolute Gasteiger partial charge is 0.393 e. The minimum absolute atomic E-state index is 0.0511. The highest BCUT2D eigenvalue weighted by atomic mass is 16.5. The maximum Gasteiger partial charge on any atom is 0.0724 e. The van der Waals surface area contributed by atoms with Crippen molar-refractivity contribution in [3.8, 4) is 0 Å². The number of hydrogen-bond acceptors (Lipinski definition) is 3. The van der Waals surface area contributed by atoms with Crippen molar-refractivity contribution in [1.82, 2.24) is 4.90 Å². The zero-order chi connectivity index (χ0) is 22.5. The number of nitrogens with zero attached hydrogens (tertiary/aromatic N) is 1. The van der Waals surface area contributed by atoms with E-state index in [1.165, 1.54) is 33.4 Å². The van der Waals surface area contributed by atoms with Gasteiger partial charge in [-0.1, -0.05) is 72.7 Å². The van der Waals surface area contributed by atoms with Gasteiger partial charge in [-0.25, -0.2) is 0 Å². The zero-order valence-corrected chi connectivity index (χ0v) is 19.8. The lowest BCUT2D eigenvalue weighted by atomic mass is 9.89. The SMILES string of the molecule is Cc1cc(C)cc(C2=CN(C)C(c3ccccc3C(C)COC(C)CC(C)O)C=C2)c1. The van der Waals surface area contributed by atoms with Crippen molar-refractivity contribution in [2.75, 3.05) is 13.7 Å². The molecule has 3 nitrogen and oxygen atoms in total. The molecule has 1 aliphatic heterocycles. The fraction of sp³-hybridized carbons (Fsp3) is 0.429. The number of benzene rings is 2. The molecule has 0 saturated carbocycles. The van der Waals surface area contributed by atoms with Gasteiger partial charge in [0.2, 0.25) is 0 Å². The second kappa shape index (κ2) is 10.3. The molecule has 2 aromatic carbocycles. The van der Waals surface area contributed by atoms with Crippen LogP contribution >= 0.6 is 0 Å². The summed E-state index contributed by atoms with van der Waals surface area (Å²) in [6.07, 6.45) is 7.18. The molecule has 31 heavy (non-hydrogen) atoms. The van der Waals surface area contributed by atoms with Crippen LogP contribution < -0.4 is 0 Å². The highest BCUT2D eigenvalue weighted by Crippen LogP contribution is 2.34. The number of rotatable bonds is 8. The summed E-state index contributed by atoms with van der Waals surface area (Å²) < 4.78 is 6.03. The number of allylic oxidation sites excluding steroid dienone is 2. The van der Waals surface area contributed by atoms with E-state index in [2.05, 4.69) is 93.5 Å². The van der Waals surface area contributed by atoms with Gasteiger partial charge >= 0.3 is 0 Å². The third-order valence-corrected chi connectivity index (χ3v) is 5.94. The van der Waals surface area contributed by atoms with E-state index in [1.54, 1.807) is 0 Å². The topological polar surface area (TPSA) is 32.7 Å². The zero-order valence-electron chi connectivity index (χ0n) is 19.8. The molecule has 0 bridgehead atoms. The number of hydrogen-bond donors (Lipinski definition) is 1.